The molecule has 0 aliphatic heterocycles. The summed E-state index contributed by atoms with van der Waals surface area (Å²) >= 11 is 13.4. The summed E-state index contributed by atoms with van der Waals surface area (Å²) in [7, 11) is 1.47. The molecule has 0 atom stereocenters. The molecule has 1 nitrogen and oxygen atoms in total. The van der Waals surface area contributed by atoms with Crippen LogP contribution in [-0.2, 0) is 0 Å². The number of hydrogen-bond acceptors (Lipinski definition) is 1. The van der Waals surface area contributed by atoms with Crippen molar-refractivity contribution in [1.82, 2.24) is 0 Å². The Morgan fingerprint density at radius 1 is 1.33 bits per heavy atom. The molecule has 0 heterocycles. The highest BCUT2D eigenvalue weighted by molar-refractivity contribution is 6.93. The Morgan fingerprint density at radius 2 is 1.33 bits per heavy atom. The van der Waals surface area contributed by atoms with Crippen LogP contribution in [0.15, 0.2) is 0 Å². The first-order valence-corrected chi connectivity index (χ1v) is 2.47. The Morgan fingerprint density at radius 3 is 1.33 bits per heavy atom. The zero-order chi connectivity index (χ0) is 5.58. The van der Waals surface area contributed by atoms with Gasteiger partial charge in [0.05, 0.1) is 0 Å². The number of halogens is 3. The van der Waals surface area contributed by atoms with E-state index in [0.717, 1.165) is 0 Å². The second-order valence-electron chi connectivity index (χ2n) is 0.226. The van der Waals surface area contributed by atoms with E-state index >= 15 is 0 Å². The highest BCUT2D eigenvalue weighted by Gasteiger charge is 1.72. The van der Waals surface area contributed by atoms with Crippen LogP contribution in [0.1, 0.15) is 0 Å². The molecule has 0 radical (unpaired) electrons. The summed E-state index contributed by atoms with van der Waals surface area (Å²) in [6.07, 6.45) is 0. The van der Waals surface area contributed by atoms with Crippen LogP contribution in [0.5, 0.6) is 0 Å². The minimum absolute atomic E-state index is 0.889. The lowest BCUT2D eigenvalue weighted by molar-refractivity contribution is 0.275. The van der Waals surface area contributed by atoms with Crippen LogP contribution in [-0.4, -0.2) is 12.0 Å². The Kier molecular flexibility index (Phi) is 14.9. The maximum absolute atomic E-state index is 8.98. The molecule has 0 saturated carbocycles. The fraction of sp³-hybridized carbons (Fsp3) is 0. The van der Waals surface area contributed by atoms with Crippen molar-refractivity contribution in [3.63, 3.8) is 0 Å². The van der Waals surface area contributed by atoms with Crippen molar-refractivity contribution in [2.24, 2.45) is 0 Å². The van der Waals surface area contributed by atoms with Gasteiger partial charge in [-0.25, -0.2) is 11.5 Å². The SMILES string of the molecule is BCl.O=C(Cl)Cl. The van der Waals surface area contributed by atoms with E-state index in [1.165, 1.54) is 7.26 Å². The fourth-order valence-electron chi connectivity index (χ4n) is 0. The average Bonchev–Trinajstić information content (AvgIpc) is 1.41. The van der Waals surface area contributed by atoms with Gasteiger partial charge in [0.25, 0.3) is 0 Å². The molecule has 0 bridgehead atoms. The van der Waals surface area contributed by atoms with E-state index in [4.69, 9.17) is 4.79 Å². The number of carbonyl (C=O) groups excluding carboxylic acids is 1. The minimum atomic E-state index is -0.889. The lowest BCUT2D eigenvalue weighted by Gasteiger charge is -1.48. The lowest BCUT2D eigenvalue weighted by Crippen LogP contribution is -1.46. The molecule has 36 valence electrons. The summed E-state index contributed by atoms with van der Waals surface area (Å²) in [6.45, 7) is 0. The van der Waals surface area contributed by atoms with Crippen LogP contribution in [0.25, 0.3) is 0 Å². The van der Waals surface area contributed by atoms with Gasteiger partial charge >= 0.3 is 4.70 Å². The third-order valence-electron chi connectivity index (χ3n) is 0. The molecule has 0 unspecified atom stereocenters. The van der Waals surface area contributed by atoms with Gasteiger partial charge in [0, 0.05) is 0 Å². The normalized spacial score (nSPS) is 5.17. The zero-order valence-corrected chi connectivity index (χ0v) is 5.31. The molecule has 0 saturated heterocycles. The van der Waals surface area contributed by atoms with Crippen molar-refractivity contribution < 1.29 is 4.79 Å². The predicted molar refractivity (Wildman–Crippen MR) is 31.5 cm³/mol. The Labute approximate surface area is 51.9 Å². The fourth-order valence-corrected chi connectivity index (χ4v) is 0. The van der Waals surface area contributed by atoms with Crippen molar-refractivity contribution >= 4 is 46.6 Å². The maximum Gasteiger partial charge on any atom is 0.313 e. The van der Waals surface area contributed by atoms with Gasteiger partial charge in [-0.2, -0.15) is 0 Å². The molecular formula is CH2BCl3O. The highest BCUT2D eigenvalue weighted by atomic mass is 35.5. The van der Waals surface area contributed by atoms with Gasteiger partial charge in [-0.1, -0.05) is 0 Å². The highest BCUT2D eigenvalue weighted by Crippen LogP contribution is 1.84. The summed E-state index contributed by atoms with van der Waals surface area (Å²) in [4.78, 5) is 8.98. The molecular weight excluding hydrogens is 145 g/mol. The molecule has 5 heteroatoms. The summed E-state index contributed by atoms with van der Waals surface area (Å²) in [5.74, 6) is 0. The van der Waals surface area contributed by atoms with Crippen molar-refractivity contribution in [3.8, 4) is 0 Å². The van der Waals surface area contributed by atoms with Crippen LogP contribution >= 0.6 is 34.7 Å². The van der Waals surface area contributed by atoms with Gasteiger partial charge in [-0.3, -0.25) is 4.79 Å². The van der Waals surface area contributed by atoms with Crippen molar-refractivity contribution in [2.45, 2.75) is 0 Å². The van der Waals surface area contributed by atoms with Crippen LogP contribution in [0.4, 0.5) is 4.79 Å². The second kappa shape index (κ2) is 9.15. The Balaban J connectivity index is 0. The third-order valence-corrected chi connectivity index (χ3v) is 0. The van der Waals surface area contributed by atoms with E-state index in [9.17, 15) is 0 Å². The molecule has 0 N–H and O–H groups in total. The molecule has 0 rings (SSSR count). The zero-order valence-electron chi connectivity index (χ0n) is 3.04. The first-order chi connectivity index (χ1) is 2.73. The monoisotopic (exact) mass is 146 g/mol. The summed E-state index contributed by atoms with van der Waals surface area (Å²) in [5.41, 5.74) is 0. The van der Waals surface area contributed by atoms with Crippen LogP contribution in [0.3, 0.4) is 0 Å². The minimum Gasteiger partial charge on any atom is -0.262 e. The maximum atomic E-state index is 8.98. The Bertz CT molecular complexity index is 33.8. The van der Waals surface area contributed by atoms with Crippen LogP contribution < -0.4 is 0 Å². The summed E-state index contributed by atoms with van der Waals surface area (Å²) in [5, 5.41) is 0. The smallest absolute Gasteiger partial charge is 0.262 e. The summed E-state index contributed by atoms with van der Waals surface area (Å²) in [6, 6.07) is 0. The Hall–Kier alpha value is 0.605. The standard InChI is InChI=1S/CCl2O.BClH2/c2-1(3)4;1-2/h;1H2. The number of carbonyl (C=O) groups is 1. The van der Waals surface area contributed by atoms with Gasteiger partial charge in [-0.15, -0.1) is 0 Å². The predicted octanol–water partition coefficient (Wildman–Crippen LogP) is 1.36. The molecule has 0 aromatic heterocycles. The van der Waals surface area contributed by atoms with Gasteiger partial charge in [0.15, 0.2) is 0 Å². The largest absolute Gasteiger partial charge is 0.313 e. The van der Waals surface area contributed by atoms with E-state index in [0.29, 0.717) is 0 Å². The van der Waals surface area contributed by atoms with Crippen LogP contribution in [0, 0.1) is 0 Å². The van der Waals surface area contributed by atoms with Crippen molar-refractivity contribution in [2.75, 3.05) is 0 Å². The molecule has 0 aliphatic rings. The topological polar surface area (TPSA) is 17.1 Å². The molecule has 6 heavy (non-hydrogen) atoms. The van der Waals surface area contributed by atoms with Crippen LogP contribution in [0.2, 0.25) is 0 Å². The second-order valence-corrected chi connectivity index (χ2v) is 1.11. The summed E-state index contributed by atoms with van der Waals surface area (Å²) < 4.78 is -0.889. The molecule has 0 spiro atoms. The third kappa shape index (κ3) is 164. The van der Waals surface area contributed by atoms with Gasteiger partial charge < -0.3 is 0 Å². The van der Waals surface area contributed by atoms with E-state index in [-0.39, 0.29) is 0 Å². The first-order valence-electron chi connectivity index (χ1n) is 0.960. The van der Waals surface area contributed by atoms with Crippen molar-refractivity contribution in [1.29, 1.82) is 0 Å². The van der Waals surface area contributed by atoms with Gasteiger partial charge in [0.2, 0.25) is 7.26 Å². The quantitative estimate of drug-likeness (QED) is 0.373. The molecule has 0 amide bonds. The van der Waals surface area contributed by atoms with E-state index in [1.807, 2.05) is 0 Å². The first kappa shape index (κ1) is 9.79. The van der Waals surface area contributed by atoms with E-state index in [2.05, 4.69) is 34.7 Å². The van der Waals surface area contributed by atoms with E-state index < -0.39 is 4.70 Å². The molecule has 0 aromatic rings. The molecule has 0 aliphatic carbocycles. The molecule has 0 fully saturated rings. The van der Waals surface area contributed by atoms with Gasteiger partial charge in [0.1, 0.15) is 0 Å². The number of rotatable bonds is 0. The van der Waals surface area contributed by atoms with E-state index in [1.54, 1.807) is 0 Å². The van der Waals surface area contributed by atoms with Crippen molar-refractivity contribution in [3.05, 3.63) is 0 Å². The van der Waals surface area contributed by atoms with Gasteiger partial charge in [-0.05, 0) is 23.2 Å². The lowest BCUT2D eigenvalue weighted by atomic mass is 10.8. The number of hydrogen-bond donors (Lipinski definition) is 0. The average molecular weight is 147 g/mol. The molecule has 0 aromatic carbocycles.